The van der Waals surface area contributed by atoms with Crippen LogP contribution >= 0.6 is 0 Å². The van der Waals surface area contributed by atoms with Crippen LogP contribution in [0.15, 0.2) is 12.3 Å². The first kappa shape index (κ1) is 13.0. The van der Waals surface area contributed by atoms with Crippen molar-refractivity contribution in [1.29, 1.82) is 0 Å². The van der Waals surface area contributed by atoms with Gasteiger partial charge in [-0.1, -0.05) is 6.92 Å². The van der Waals surface area contributed by atoms with Crippen LogP contribution < -0.4 is 5.32 Å². The smallest absolute Gasteiger partial charge is 0.331 e. The Morgan fingerprint density at radius 3 is 2.86 bits per heavy atom. The minimum absolute atomic E-state index is 0.347. The molecule has 0 atom stereocenters. The lowest BCUT2D eigenvalue weighted by Gasteiger charge is -2.02. The lowest BCUT2D eigenvalue weighted by Crippen LogP contribution is -2.11. The van der Waals surface area contributed by atoms with Crippen LogP contribution in [0.3, 0.4) is 0 Å². The van der Waals surface area contributed by atoms with Crippen LogP contribution in [0.25, 0.3) is 0 Å². The second-order valence-corrected chi connectivity index (χ2v) is 2.78. The predicted molar refractivity (Wildman–Crippen MR) is 54.9 cm³/mol. The molecule has 0 unspecified atom stereocenters. The van der Waals surface area contributed by atoms with E-state index >= 15 is 0 Å². The third-order valence-corrected chi connectivity index (χ3v) is 1.50. The van der Waals surface area contributed by atoms with E-state index in [-0.39, 0.29) is 5.97 Å². The van der Waals surface area contributed by atoms with Crippen LogP contribution in [0.4, 0.5) is 0 Å². The van der Waals surface area contributed by atoms with Crippen molar-refractivity contribution in [2.75, 3.05) is 26.9 Å². The van der Waals surface area contributed by atoms with Gasteiger partial charge in [0.2, 0.25) is 0 Å². The van der Waals surface area contributed by atoms with Crippen LogP contribution in [-0.4, -0.2) is 32.8 Å². The first-order valence-electron chi connectivity index (χ1n) is 4.87. The summed E-state index contributed by atoms with van der Waals surface area (Å²) < 4.78 is 9.70. The van der Waals surface area contributed by atoms with E-state index in [1.54, 1.807) is 6.20 Å². The van der Waals surface area contributed by atoms with Crippen LogP contribution in [0.1, 0.15) is 19.8 Å². The molecule has 1 N–H and O–H groups in total. The zero-order valence-corrected chi connectivity index (χ0v) is 8.91. The van der Waals surface area contributed by atoms with Gasteiger partial charge >= 0.3 is 5.97 Å². The fraction of sp³-hybridized carbons (Fsp3) is 0.700. The molecule has 14 heavy (non-hydrogen) atoms. The summed E-state index contributed by atoms with van der Waals surface area (Å²) in [6.45, 7) is 4.46. The first-order valence-corrected chi connectivity index (χ1v) is 4.87. The lowest BCUT2D eigenvalue weighted by molar-refractivity contribution is -0.134. The zero-order valence-electron chi connectivity index (χ0n) is 8.91. The minimum Gasteiger partial charge on any atom is -0.466 e. The van der Waals surface area contributed by atoms with Gasteiger partial charge in [-0.15, -0.1) is 0 Å². The Hall–Kier alpha value is -1.03. The first-order chi connectivity index (χ1) is 6.81. The van der Waals surface area contributed by atoms with Crippen molar-refractivity contribution in [2.24, 2.45) is 0 Å². The largest absolute Gasteiger partial charge is 0.466 e. The van der Waals surface area contributed by atoms with E-state index in [1.165, 1.54) is 13.2 Å². The monoisotopic (exact) mass is 201 g/mol. The van der Waals surface area contributed by atoms with Crippen molar-refractivity contribution >= 4 is 5.97 Å². The average molecular weight is 201 g/mol. The second-order valence-electron chi connectivity index (χ2n) is 2.78. The maximum atomic E-state index is 10.6. The van der Waals surface area contributed by atoms with Crippen LogP contribution in [-0.2, 0) is 14.3 Å². The molecule has 0 spiro atoms. The molecule has 0 aromatic rings. The summed E-state index contributed by atoms with van der Waals surface area (Å²) in [4.78, 5) is 10.6. The van der Waals surface area contributed by atoms with Crippen LogP contribution in [0, 0.1) is 0 Å². The van der Waals surface area contributed by atoms with Crippen molar-refractivity contribution < 1.29 is 14.3 Å². The van der Waals surface area contributed by atoms with Gasteiger partial charge in [0.15, 0.2) is 0 Å². The highest BCUT2D eigenvalue weighted by Crippen LogP contribution is 1.84. The number of hydrogen-bond donors (Lipinski definition) is 1. The SMILES string of the molecule is CCCOCCCN/C=C/C(=O)OC. The molecule has 82 valence electrons. The van der Waals surface area contributed by atoms with Crippen LogP contribution in [0.5, 0.6) is 0 Å². The summed E-state index contributed by atoms with van der Waals surface area (Å²) in [5.41, 5.74) is 0. The van der Waals surface area contributed by atoms with Gasteiger partial charge in [0.05, 0.1) is 7.11 Å². The van der Waals surface area contributed by atoms with Gasteiger partial charge in [-0.05, 0) is 12.8 Å². The van der Waals surface area contributed by atoms with E-state index in [0.29, 0.717) is 0 Å². The van der Waals surface area contributed by atoms with Gasteiger partial charge in [-0.2, -0.15) is 0 Å². The van der Waals surface area contributed by atoms with Crippen molar-refractivity contribution in [3.8, 4) is 0 Å². The maximum Gasteiger partial charge on any atom is 0.331 e. The summed E-state index contributed by atoms with van der Waals surface area (Å²) in [7, 11) is 1.35. The summed E-state index contributed by atoms with van der Waals surface area (Å²) in [5.74, 6) is -0.347. The Morgan fingerprint density at radius 1 is 1.43 bits per heavy atom. The lowest BCUT2D eigenvalue weighted by atomic mass is 10.4. The van der Waals surface area contributed by atoms with Crippen molar-refractivity contribution in [1.82, 2.24) is 5.32 Å². The van der Waals surface area contributed by atoms with E-state index < -0.39 is 0 Å². The van der Waals surface area contributed by atoms with Crippen molar-refractivity contribution in [3.63, 3.8) is 0 Å². The molecule has 0 aromatic carbocycles. The van der Waals surface area contributed by atoms with Gasteiger partial charge in [0, 0.05) is 32.0 Å². The van der Waals surface area contributed by atoms with Gasteiger partial charge in [-0.3, -0.25) is 0 Å². The fourth-order valence-corrected chi connectivity index (χ4v) is 0.801. The molecule has 0 saturated heterocycles. The summed E-state index contributed by atoms with van der Waals surface area (Å²) >= 11 is 0. The van der Waals surface area contributed by atoms with Gasteiger partial charge in [-0.25, -0.2) is 4.79 Å². The molecule has 0 aliphatic heterocycles. The fourth-order valence-electron chi connectivity index (χ4n) is 0.801. The number of nitrogens with one attached hydrogen (secondary N) is 1. The highest BCUT2D eigenvalue weighted by atomic mass is 16.5. The van der Waals surface area contributed by atoms with Crippen molar-refractivity contribution in [3.05, 3.63) is 12.3 Å². The average Bonchev–Trinajstić information content (AvgIpc) is 2.21. The molecular weight excluding hydrogens is 182 g/mol. The number of carbonyl (C=O) groups excluding carboxylic acids is 1. The van der Waals surface area contributed by atoms with E-state index in [4.69, 9.17) is 4.74 Å². The molecule has 0 bridgehead atoms. The molecule has 0 aliphatic carbocycles. The third-order valence-electron chi connectivity index (χ3n) is 1.50. The number of esters is 1. The number of methoxy groups -OCH3 is 1. The second kappa shape index (κ2) is 10.1. The number of hydrogen-bond acceptors (Lipinski definition) is 4. The molecule has 0 saturated carbocycles. The molecule has 4 nitrogen and oxygen atoms in total. The maximum absolute atomic E-state index is 10.6. The highest BCUT2D eigenvalue weighted by Gasteiger charge is 1.89. The molecule has 0 amide bonds. The zero-order chi connectivity index (χ0) is 10.6. The van der Waals surface area contributed by atoms with E-state index in [0.717, 1.165) is 32.6 Å². The molecule has 0 aliphatic rings. The quantitative estimate of drug-likeness (QED) is 0.362. The van der Waals surface area contributed by atoms with E-state index in [9.17, 15) is 4.79 Å². The Morgan fingerprint density at radius 2 is 2.21 bits per heavy atom. The summed E-state index contributed by atoms with van der Waals surface area (Å²) in [6.07, 6.45) is 4.93. The normalized spacial score (nSPS) is 10.4. The molecular formula is C10H19NO3. The van der Waals surface area contributed by atoms with Gasteiger partial charge in [0.1, 0.15) is 0 Å². The van der Waals surface area contributed by atoms with Gasteiger partial charge < -0.3 is 14.8 Å². The van der Waals surface area contributed by atoms with Crippen LogP contribution in [0.2, 0.25) is 0 Å². The molecule has 0 rings (SSSR count). The Labute approximate surface area is 85.3 Å². The predicted octanol–water partition coefficient (Wildman–Crippen LogP) is 1.08. The molecule has 0 heterocycles. The van der Waals surface area contributed by atoms with Crippen molar-refractivity contribution in [2.45, 2.75) is 19.8 Å². The summed E-state index contributed by atoms with van der Waals surface area (Å²) in [6, 6.07) is 0. The Bertz CT molecular complexity index is 169. The Kier molecular flexibility index (Phi) is 9.31. The standard InChI is InChI=1S/C10H19NO3/c1-3-8-14-9-4-6-11-7-5-10(12)13-2/h5,7,11H,3-4,6,8-9H2,1-2H3/b7-5+. The molecule has 0 radical (unpaired) electrons. The third kappa shape index (κ3) is 9.06. The van der Waals surface area contributed by atoms with Gasteiger partial charge in [0.25, 0.3) is 0 Å². The Balaban J connectivity index is 3.13. The number of carbonyl (C=O) groups is 1. The van der Waals surface area contributed by atoms with E-state index in [1.807, 2.05) is 0 Å². The molecule has 0 fully saturated rings. The molecule has 4 heteroatoms. The number of ether oxygens (including phenoxy) is 2. The molecule has 0 aromatic heterocycles. The minimum atomic E-state index is -0.347. The van der Waals surface area contributed by atoms with E-state index in [2.05, 4.69) is 17.0 Å². The summed E-state index contributed by atoms with van der Waals surface area (Å²) in [5, 5.41) is 2.97. The topological polar surface area (TPSA) is 47.6 Å². The number of rotatable bonds is 8. The highest BCUT2D eigenvalue weighted by molar-refractivity contribution is 5.81.